The summed E-state index contributed by atoms with van der Waals surface area (Å²) < 4.78 is 0. The second-order valence-corrected chi connectivity index (χ2v) is 6.84. The predicted molar refractivity (Wildman–Crippen MR) is 78.0 cm³/mol. The van der Waals surface area contributed by atoms with Gasteiger partial charge >= 0.3 is 6.03 Å². The molecule has 2 atom stereocenters. The molecule has 4 heteroatoms. The van der Waals surface area contributed by atoms with E-state index in [1.807, 2.05) is 13.8 Å². The summed E-state index contributed by atoms with van der Waals surface area (Å²) in [4.78, 5) is 11.7. The first-order chi connectivity index (χ1) is 8.93. The molecule has 2 unspecified atom stereocenters. The van der Waals surface area contributed by atoms with Crippen molar-refractivity contribution in [1.29, 1.82) is 0 Å². The molecule has 1 rings (SSSR count). The number of aliphatic hydroxyl groups is 1. The summed E-state index contributed by atoms with van der Waals surface area (Å²) in [5, 5.41) is 14.8. The van der Waals surface area contributed by atoms with Gasteiger partial charge in [-0.2, -0.15) is 0 Å². The predicted octanol–water partition coefficient (Wildman–Crippen LogP) is 2.52. The van der Waals surface area contributed by atoms with Gasteiger partial charge in [0.1, 0.15) is 0 Å². The summed E-state index contributed by atoms with van der Waals surface area (Å²) in [5.41, 5.74) is -0.0502. The molecular formula is C15H30N2O2. The Bertz CT molecular complexity index is 279. The molecule has 1 aliphatic carbocycles. The van der Waals surface area contributed by atoms with Crippen LogP contribution in [0.15, 0.2) is 0 Å². The van der Waals surface area contributed by atoms with Gasteiger partial charge in [0.05, 0.1) is 0 Å². The van der Waals surface area contributed by atoms with E-state index in [2.05, 4.69) is 17.6 Å². The van der Waals surface area contributed by atoms with Crippen molar-refractivity contribution in [1.82, 2.24) is 10.6 Å². The number of carbonyl (C=O) groups is 1. The highest BCUT2D eigenvalue weighted by atomic mass is 16.3. The van der Waals surface area contributed by atoms with Crippen LogP contribution in [0.4, 0.5) is 4.79 Å². The molecule has 0 radical (unpaired) electrons. The fourth-order valence-corrected chi connectivity index (χ4v) is 2.76. The lowest BCUT2D eigenvalue weighted by atomic mass is 9.82. The van der Waals surface area contributed by atoms with E-state index in [0.29, 0.717) is 18.9 Å². The van der Waals surface area contributed by atoms with Crippen molar-refractivity contribution >= 4 is 6.03 Å². The molecule has 4 nitrogen and oxygen atoms in total. The molecule has 112 valence electrons. The Balaban J connectivity index is 2.17. The van der Waals surface area contributed by atoms with Crippen molar-refractivity contribution in [2.45, 2.75) is 52.9 Å². The normalized spacial score (nSPS) is 24.0. The zero-order chi connectivity index (χ0) is 14.3. The van der Waals surface area contributed by atoms with Crippen molar-refractivity contribution in [3.8, 4) is 0 Å². The minimum atomic E-state index is -0.0794. The van der Waals surface area contributed by atoms with Crippen LogP contribution in [-0.2, 0) is 0 Å². The van der Waals surface area contributed by atoms with Crippen LogP contribution in [0.1, 0.15) is 52.9 Å². The van der Waals surface area contributed by atoms with Crippen LogP contribution in [0.2, 0.25) is 0 Å². The van der Waals surface area contributed by atoms with Gasteiger partial charge in [0.2, 0.25) is 0 Å². The Hall–Kier alpha value is -0.770. The second-order valence-electron chi connectivity index (χ2n) is 6.84. The molecule has 2 amide bonds. The summed E-state index contributed by atoms with van der Waals surface area (Å²) in [7, 11) is 0. The molecule has 0 aliphatic heterocycles. The number of urea groups is 1. The van der Waals surface area contributed by atoms with E-state index >= 15 is 0 Å². The van der Waals surface area contributed by atoms with Crippen molar-refractivity contribution < 1.29 is 9.90 Å². The summed E-state index contributed by atoms with van der Waals surface area (Å²) in [6.07, 6.45) is 5.79. The SMILES string of the molecule is CC1CCCC(CNC(=O)NCC(C)(C)CCO)C1. The lowest BCUT2D eigenvalue weighted by molar-refractivity contribution is 0.199. The van der Waals surface area contributed by atoms with E-state index in [1.54, 1.807) is 0 Å². The third kappa shape index (κ3) is 6.81. The highest BCUT2D eigenvalue weighted by Gasteiger charge is 2.20. The van der Waals surface area contributed by atoms with E-state index in [9.17, 15) is 4.79 Å². The molecule has 1 fully saturated rings. The number of nitrogens with one attached hydrogen (secondary N) is 2. The fraction of sp³-hybridized carbons (Fsp3) is 0.933. The van der Waals surface area contributed by atoms with E-state index in [4.69, 9.17) is 5.11 Å². The molecule has 0 saturated heterocycles. The van der Waals surface area contributed by atoms with Crippen LogP contribution in [0.5, 0.6) is 0 Å². The molecule has 3 N–H and O–H groups in total. The second kappa shape index (κ2) is 7.73. The Morgan fingerprint density at radius 2 is 2.05 bits per heavy atom. The van der Waals surface area contributed by atoms with Gasteiger partial charge in [-0.1, -0.05) is 33.6 Å². The van der Waals surface area contributed by atoms with Crippen molar-refractivity contribution in [3.05, 3.63) is 0 Å². The lowest BCUT2D eigenvalue weighted by Crippen LogP contribution is -2.43. The van der Waals surface area contributed by atoms with Crippen LogP contribution in [0.3, 0.4) is 0 Å². The van der Waals surface area contributed by atoms with Gasteiger partial charge in [-0.05, 0) is 36.5 Å². The van der Waals surface area contributed by atoms with Crippen LogP contribution in [0.25, 0.3) is 0 Å². The minimum absolute atomic E-state index is 0.0502. The first-order valence-corrected chi connectivity index (χ1v) is 7.55. The molecule has 0 aromatic rings. The van der Waals surface area contributed by atoms with Crippen LogP contribution in [0, 0.1) is 17.3 Å². The quantitative estimate of drug-likeness (QED) is 0.694. The number of rotatable bonds is 6. The van der Waals surface area contributed by atoms with E-state index < -0.39 is 0 Å². The molecule has 0 heterocycles. The van der Waals surface area contributed by atoms with Gasteiger partial charge in [0, 0.05) is 19.7 Å². The Morgan fingerprint density at radius 1 is 1.32 bits per heavy atom. The fourth-order valence-electron chi connectivity index (χ4n) is 2.76. The molecule has 19 heavy (non-hydrogen) atoms. The smallest absolute Gasteiger partial charge is 0.314 e. The highest BCUT2D eigenvalue weighted by molar-refractivity contribution is 5.73. The molecule has 0 aromatic heterocycles. The largest absolute Gasteiger partial charge is 0.396 e. The summed E-state index contributed by atoms with van der Waals surface area (Å²) in [6, 6.07) is -0.0794. The zero-order valence-electron chi connectivity index (χ0n) is 12.7. The lowest BCUT2D eigenvalue weighted by Gasteiger charge is -2.27. The molecule has 0 bridgehead atoms. The number of hydrogen-bond donors (Lipinski definition) is 3. The molecule has 1 saturated carbocycles. The molecule has 0 spiro atoms. The van der Waals surface area contributed by atoms with Gasteiger partial charge in [0.15, 0.2) is 0 Å². The number of carbonyl (C=O) groups excluding carboxylic acids is 1. The topological polar surface area (TPSA) is 61.4 Å². The standard InChI is InChI=1S/C15H30N2O2/c1-12-5-4-6-13(9-12)10-16-14(19)17-11-15(2,3)7-8-18/h12-13,18H,4-11H2,1-3H3,(H2,16,17,19). The van der Waals surface area contributed by atoms with Crippen LogP contribution < -0.4 is 10.6 Å². The number of aliphatic hydroxyl groups excluding tert-OH is 1. The van der Waals surface area contributed by atoms with Crippen LogP contribution >= 0.6 is 0 Å². The van der Waals surface area contributed by atoms with E-state index in [0.717, 1.165) is 12.5 Å². The maximum absolute atomic E-state index is 11.7. The summed E-state index contributed by atoms with van der Waals surface area (Å²) in [5.74, 6) is 1.44. The maximum Gasteiger partial charge on any atom is 0.314 e. The van der Waals surface area contributed by atoms with Gasteiger partial charge in [-0.15, -0.1) is 0 Å². The minimum Gasteiger partial charge on any atom is -0.396 e. The molecule has 1 aliphatic rings. The van der Waals surface area contributed by atoms with Crippen molar-refractivity contribution in [3.63, 3.8) is 0 Å². The summed E-state index contributed by atoms with van der Waals surface area (Å²) >= 11 is 0. The molecular weight excluding hydrogens is 240 g/mol. The third-order valence-electron chi connectivity index (χ3n) is 4.11. The summed E-state index contributed by atoms with van der Waals surface area (Å²) in [6.45, 7) is 7.94. The highest BCUT2D eigenvalue weighted by Crippen LogP contribution is 2.27. The van der Waals surface area contributed by atoms with Crippen LogP contribution in [-0.4, -0.2) is 30.8 Å². The average molecular weight is 270 g/mol. The first-order valence-electron chi connectivity index (χ1n) is 7.55. The zero-order valence-corrected chi connectivity index (χ0v) is 12.7. The Kier molecular flexibility index (Phi) is 6.63. The van der Waals surface area contributed by atoms with E-state index in [-0.39, 0.29) is 18.1 Å². The van der Waals surface area contributed by atoms with Gasteiger partial charge in [0.25, 0.3) is 0 Å². The first kappa shape index (κ1) is 16.3. The number of amides is 2. The molecule has 0 aromatic carbocycles. The van der Waals surface area contributed by atoms with Crippen molar-refractivity contribution in [2.75, 3.05) is 19.7 Å². The number of hydrogen-bond acceptors (Lipinski definition) is 2. The van der Waals surface area contributed by atoms with E-state index in [1.165, 1.54) is 25.7 Å². The van der Waals surface area contributed by atoms with Gasteiger partial charge in [-0.25, -0.2) is 4.79 Å². The third-order valence-corrected chi connectivity index (χ3v) is 4.11. The Morgan fingerprint density at radius 3 is 2.68 bits per heavy atom. The van der Waals surface area contributed by atoms with Gasteiger partial charge in [-0.3, -0.25) is 0 Å². The van der Waals surface area contributed by atoms with Crippen molar-refractivity contribution in [2.24, 2.45) is 17.3 Å². The average Bonchev–Trinajstić information content (AvgIpc) is 2.34. The maximum atomic E-state index is 11.7. The Labute approximate surface area is 117 Å². The monoisotopic (exact) mass is 270 g/mol. The van der Waals surface area contributed by atoms with Gasteiger partial charge < -0.3 is 15.7 Å².